The first-order valence-electron chi connectivity index (χ1n) is 0.143. The second-order valence-electron chi connectivity index (χ2n) is 0. The van der Waals surface area contributed by atoms with E-state index in [2.05, 4.69) is 0 Å². The Morgan fingerprint density at radius 1 is 1.50 bits per heavy atom. The van der Waals surface area contributed by atoms with Crippen molar-refractivity contribution in [1.82, 2.24) is 0 Å². The molecule has 0 aromatic rings. The van der Waals surface area contributed by atoms with Crippen molar-refractivity contribution in [2.45, 2.75) is 0 Å². The third-order valence-corrected chi connectivity index (χ3v) is 0. The predicted octanol–water partition coefficient (Wildman–Crippen LogP) is 1.11. The molecule has 0 saturated carbocycles. The smallest absolute Gasteiger partial charge is 1.00 e. The van der Waals surface area contributed by atoms with E-state index in [4.69, 9.17) is 0 Å². The molecular formula is H2BrEuFMg. The van der Waals surface area contributed by atoms with E-state index in [1.807, 2.05) is 0 Å². The number of hydrogen-bond acceptors (Lipinski definition) is 0. The van der Waals surface area contributed by atoms with E-state index in [1.54, 1.807) is 0 Å². The minimum absolute atomic E-state index is 0. The van der Waals surface area contributed by atoms with Gasteiger partial charge in [-0.3, -0.25) is 0 Å². The predicted molar refractivity (Wildman–Crippen MR) is 18.0 cm³/mol. The Kier molecular flexibility index (Phi) is 67.9. The summed E-state index contributed by atoms with van der Waals surface area (Å²) >= 11 is 1.44. The summed E-state index contributed by atoms with van der Waals surface area (Å²) in [4.78, 5) is 0. The monoisotopic (exact) mass is 277 g/mol. The molecule has 1 radical (unpaired) electrons. The van der Waals surface area contributed by atoms with Gasteiger partial charge in [0, 0.05) is 49.4 Å². The molecular weight excluding hydrogens is 275 g/mol. The normalized spacial score (nSPS) is 1.50. The van der Waals surface area contributed by atoms with Crippen molar-refractivity contribution >= 4 is 39.4 Å². The van der Waals surface area contributed by atoms with Crippen LogP contribution in [-0.2, 0) is 0 Å². The Labute approximate surface area is 93.1 Å². The summed E-state index contributed by atoms with van der Waals surface area (Å²) in [5.41, 5.74) is 0. The second-order valence-corrected chi connectivity index (χ2v) is 0. The fraction of sp³-hybridized carbons (Fsp3) is 0. The molecule has 0 aliphatic heterocycles. The van der Waals surface area contributed by atoms with Gasteiger partial charge in [-0.2, -0.15) is 3.56 Å². The Bertz CT molecular complexity index is 13.5. The molecule has 4 heavy (non-hydrogen) atoms. The number of halogens is 2. The molecule has 0 bridgehead atoms. The number of rotatable bonds is 0. The molecule has 0 nitrogen and oxygen atoms in total. The molecule has 4 heteroatoms. The minimum atomic E-state index is 0. The van der Waals surface area contributed by atoms with Crippen LogP contribution in [0.2, 0.25) is 0 Å². The minimum Gasteiger partial charge on any atom is -1.00 e. The van der Waals surface area contributed by atoms with Gasteiger partial charge in [-0.25, -0.2) is 0 Å². The molecule has 0 unspecified atom stereocenters. The van der Waals surface area contributed by atoms with Crippen molar-refractivity contribution in [3.05, 3.63) is 0 Å². The summed E-state index contributed by atoms with van der Waals surface area (Å²) in [5, 5.41) is 0. The van der Waals surface area contributed by atoms with Gasteiger partial charge in [0.25, 0.3) is 0 Å². The largest absolute Gasteiger partial charge is 2.00 e. The van der Waals surface area contributed by atoms with E-state index in [1.165, 1.54) is 16.4 Å². The summed E-state index contributed by atoms with van der Waals surface area (Å²) in [7, 11) is 0. The zero-order chi connectivity index (χ0) is 2.00. The van der Waals surface area contributed by atoms with E-state index in [0.717, 1.165) is 0 Å². The Morgan fingerprint density at radius 3 is 1.50 bits per heavy atom. The third kappa shape index (κ3) is 8.83. The van der Waals surface area contributed by atoms with Crippen molar-refractivity contribution in [1.29, 1.82) is 0 Å². The molecule has 25 valence electrons. The molecule has 0 spiro atoms. The molecule has 0 aliphatic carbocycles. The van der Waals surface area contributed by atoms with Crippen LogP contribution in [0.5, 0.6) is 0 Å². The van der Waals surface area contributed by atoms with Gasteiger partial charge in [-0.15, -0.1) is 0 Å². The summed E-state index contributed by atoms with van der Waals surface area (Å²) in [6.45, 7) is 0. The van der Waals surface area contributed by atoms with Crippen LogP contribution >= 0.6 is 16.4 Å². The maximum absolute atomic E-state index is 9.31. The molecule has 0 aliphatic rings. The van der Waals surface area contributed by atoms with E-state index < -0.39 is 0 Å². The first kappa shape index (κ1) is 15.9. The molecule has 0 saturated heterocycles. The topological polar surface area (TPSA) is 0 Å². The van der Waals surface area contributed by atoms with Crippen molar-refractivity contribution in [2.24, 2.45) is 0 Å². The van der Waals surface area contributed by atoms with Crippen molar-refractivity contribution < 1.29 is 55.8 Å². The molecule has 0 aromatic heterocycles. The van der Waals surface area contributed by atoms with E-state index >= 15 is 0 Å². The van der Waals surface area contributed by atoms with E-state index in [0.29, 0.717) is 0 Å². The average Bonchev–Trinajstić information content (AvgIpc) is 1.00. The molecule has 0 N–H and O–H groups in total. The van der Waals surface area contributed by atoms with Gasteiger partial charge in [0.15, 0.2) is 16.4 Å². The van der Waals surface area contributed by atoms with Gasteiger partial charge >= 0.3 is 23.1 Å². The van der Waals surface area contributed by atoms with Crippen LogP contribution in [0.1, 0.15) is 2.85 Å². The van der Waals surface area contributed by atoms with Crippen LogP contribution in [0.3, 0.4) is 0 Å². The van der Waals surface area contributed by atoms with Crippen molar-refractivity contribution in [3.63, 3.8) is 0 Å². The fourth-order valence-corrected chi connectivity index (χ4v) is 0. The van der Waals surface area contributed by atoms with Crippen molar-refractivity contribution in [2.75, 3.05) is 0 Å². The standard InChI is InChI=1S/BrF.Eu.Mg.2H/c1-2;;;;/q;;+2;2*-1. The first-order chi connectivity index (χ1) is 1.00. The fourth-order valence-electron chi connectivity index (χ4n) is 0. The SMILES string of the molecule is FBr.[Eu].[H-].[H-].[Mg+2]. The van der Waals surface area contributed by atoms with Gasteiger partial charge in [-0.05, 0) is 0 Å². The maximum atomic E-state index is 9.31. The van der Waals surface area contributed by atoms with Gasteiger partial charge in [-0.1, -0.05) is 0 Å². The van der Waals surface area contributed by atoms with Crippen LogP contribution in [0, 0.1) is 49.4 Å². The van der Waals surface area contributed by atoms with Gasteiger partial charge in [0.1, 0.15) is 0 Å². The van der Waals surface area contributed by atoms with Crippen LogP contribution < -0.4 is 0 Å². The van der Waals surface area contributed by atoms with Crippen LogP contribution in [0.15, 0.2) is 0 Å². The quantitative estimate of drug-likeness (QED) is 0.582. The first-order valence-corrected chi connectivity index (χ1v) is 0.742. The van der Waals surface area contributed by atoms with Crippen LogP contribution in [0.4, 0.5) is 3.56 Å². The third-order valence-electron chi connectivity index (χ3n) is 0. The Balaban J connectivity index is -0.000000000833. The average molecular weight is 277 g/mol. The zero-order valence-electron chi connectivity index (χ0n) is 3.84. The van der Waals surface area contributed by atoms with E-state index in [9.17, 15) is 3.56 Å². The molecule has 0 atom stereocenters. The molecule has 0 fully saturated rings. The maximum Gasteiger partial charge on any atom is 2.00 e. The van der Waals surface area contributed by atoms with Crippen LogP contribution in [-0.4, -0.2) is 23.1 Å². The molecule has 0 amide bonds. The molecule has 0 heterocycles. The van der Waals surface area contributed by atoms with Crippen LogP contribution in [0.25, 0.3) is 0 Å². The van der Waals surface area contributed by atoms with Gasteiger partial charge in [0.2, 0.25) is 0 Å². The zero-order valence-corrected chi connectivity index (χ0v) is 7.27. The summed E-state index contributed by atoms with van der Waals surface area (Å²) < 4.78 is 9.31. The molecule has 0 rings (SSSR count). The van der Waals surface area contributed by atoms with Crippen molar-refractivity contribution in [3.8, 4) is 0 Å². The van der Waals surface area contributed by atoms with E-state index in [-0.39, 0.29) is 75.3 Å². The van der Waals surface area contributed by atoms with Gasteiger partial charge in [0.05, 0.1) is 0 Å². The van der Waals surface area contributed by atoms with Gasteiger partial charge < -0.3 is 2.85 Å². The summed E-state index contributed by atoms with van der Waals surface area (Å²) in [6.07, 6.45) is 0. The Morgan fingerprint density at radius 2 is 1.50 bits per heavy atom. The number of hydrogen-bond donors (Lipinski definition) is 0. The second kappa shape index (κ2) is 17.1. The summed E-state index contributed by atoms with van der Waals surface area (Å²) in [6, 6.07) is 0. The summed E-state index contributed by atoms with van der Waals surface area (Å²) in [5.74, 6) is 0. The Hall–Kier alpha value is 2.76. The molecule has 0 aromatic carbocycles.